The summed E-state index contributed by atoms with van der Waals surface area (Å²) in [5.41, 5.74) is 3.20. The number of hydrogen-bond donors (Lipinski definition) is 2. The maximum absolute atomic E-state index is 13.5. The molecule has 0 aliphatic carbocycles. The van der Waals surface area contributed by atoms with Crippen LogP contribution in [-0.2, 0) is 0 Å². The van der Waals surface area contributed by atoms with E-state index in [4.69, 9.17) is 16.7 Å². The van der Waals surface area contributed by atoms with Crippen LogP contribution in [0.5, 0.6) is 0 Å². The second kappa shape index (κ2) is 9.10. The van der Waals surface area contributed by atoms with E-state index < -0.39 is 0 Å². The van der Waals surface area contributed by atoms with Gasteiger partial charge in [-0.25, -0.2) is 9.07 Å². The van der Waals surface area contributed by atoms with E-state index in [2.05, 4.69) is 5.32 Å². The first-order valence-corrected chi connectivity index (χ1v) is 10.7. The fourth-order valence-electron chi connectivity index (χ4n) is 3.56. The van der Waals surface area contributed by atoms with E-state index in [-0.39, 0.29) is 30.3 Å². The van der Waals surface area contributed by atoms with Crippen molar-refractivity contribution in [2.24, 2.45) is 5.92 Å². The Labute approximate surface area is 190 Å². The highest BCUT2D eigenvalue weighted by molar-refractivity contribution is 6.33. The highest BCUT2D eigenvalue weighted by Gasteiger charge is 2.20. The standard InChI is InChI=1S/C25H23ClFN3O2/c1-15(2)22(14-31)28-25(32)16-7-12-20-23(13-16)30(18-10-8-17(27)9-11-18)29-24(20)19-5-3-4-6-21(19)26/h3-13,15,22,31H,14H2,1-2H3,(H,28,32)/t22-/m1/s1. The van der Waals surface area contributed by atoms with Crippen LogP contribution in [0.1, 0.15) is 24.2 Å². The molecule has 0 aliphatic rings. The summed E-state index contributed by atoms with van der Waals surface area (Å²) in [7, 11) is 0. The second-order valence-electron chi connectivity index (χ2n) is 7.96. The number of benzene rings is 3. The molecule has 0 aliphatic heterocycles. The average molecular weight is 452 g/mol. The van der Waals surface area contributed by atoms with Crippen LogP contribution in [0.3, 0.4) is 0 Å². The van der Waals surface area contributed by atoms with Gasteiger partial charge in [-0.15, -0.1) is 0 Å². The third-order valence-electron chi connectivity index (χ3n) is 5.46. The summed E-state index contributed by atoms with van der Waals surface area (Å²) in [6.07, 6.45) is 0. The number of rotatable bonds is 6. The molecule has 32 heavy (non-hydrogen) atoms. The van der Waals surface area contributed by atoms with Crippen LogP contribution in [0.2, 0.25) is 5.02 Å². The average Bonchev–Trinajstić information content (AvgIpc) is 3.16. The Balaban J connectivity index is 1.87. The molecule has 0 unspecified atom stereocenters. The molecule has 0 bridgehead atoms. The molecule has 0 fully saturated rings. The van der Waals surface area contributed by atoms with Crippen LogP contribution in [0, 0.1) is 11.7 Å². The molecule has 0 radical (unpaired) electrons. The van der Waals surface area contributed by atoms with Crippen molar-refractivity contribution >= 4 is 28.4 Å². The molecular formula is C25H23ClFN3O2. The number of nitrogens with one attached hydrogen (secondary N) is 1. The Morgan fingerprint density at radius 3 is 2.50 bits per heavy atom. The fraction of sp³-hybridized carbons (Fsp3) is 0.200. The number of carbonyl (C=O) groups excluding carboxylic acids is 1. The van der Waals surface area contributed by atoms with Gasteiger partial charge in [0.05, 0.1) is 28.9 Å². The van der Waals surface area contributed by atoms with Crippen molar-refractivity contribution in [1.82, 2.24) is 15.1 Å². The first kappa shape index (κ1) is 22.0. The van der Waals surface area contributed by atoms with Crippen molar-refractivity contribution in [2.45, 2.75) is 19.9 Å². The zero-order valence-corrected chi connectivity index (χ0v) is 18.5. The van der Waals surface area contributed by atoms with Crippen molar-refractivity contribution in [2.75, 3.05) is 6.61 Å². The van der Waals surface area contributed by atoms with Crippen LogP contribution >= 0.6 is 11.6 Å². The molecule has 1 amide bonds. The molecule has 7 heteroatoms. The Morgan fingerprint density at radius 2 is 1.84 bits per heavy atom. The van der Waals surface area contributed by atoms with Gasteiger partial charge in [0.15, 0.2) is 0 Å². The summed E-state index contributed by atoms with van der Waals surface area (Å²) in [6, 6.07) is 18.4. The summed E-state index contributed by atoms with van der Waals surface area (Å²) < 4.78 is 15.2. The molecule has 0 saturated heterocycles. The molecule has 5 nitrogen and oxygen atoms in total. The number of hydrogen-bond acceptors (Lipinski definition) is 3. The quantitative estimate of drug-likeness (QED) is 0.421. The number of amides is 1. The Hall–Kier alpha value is -3.22. The lowest BCUT2D eigenvalue weighted by Crippen LogP contribution is -2.41. The van der Waals surface area contributed by atoms with Crippen molar-refractivity contribution in [3.8, 4) is 16.9 Å². The lowest BCUT2D eigenvalue weighted by molar-refractivity contribution is 0.0897. The minimum atomic E-state index is -0.348. The highest BCUT2D eigenvalue weighted by Crippen LogP contribution is 2.34. The number of aliphatic hydroxyl groups is 1. The van der Waals surface area contributed by atoms with Gasteiger partial charge in [-0.3, -0.25) is 4.79 Å². The SMILES string of the molecule is CC(C)[C@@H](CO)NC(=O)c1ccc2c(-c3ccccc3Cl)nn(-c3ccc(F)cc3)c2c1. The molecule has 3 aromatic carbocycles. The monoisotopic (exact) mass is 451 g/mol. The number of fused-ring (bicyclic) bond motifs is 1. The van der Waals surface area contributed by atoms with Crippen LogP contribution in [-0.4, -0.2) is 33.4 Å². The van der Waals surface area contributed by atoms with Gasteiger partial charge < -0.3 is 10.4 Å². The van der Waals surface area contributed by atoms with E-state index in [1.165, 1.54) is 12.1 Å². The van der Waals surface area contributed by atoms with Gasteiger partial charge in [0.25, 0.3) is 5.91 Å². The third kappa shape index (κ3) is 4.24. The Morgan fingerprint density at radius 1 is 1.12 bits per heavy atom. The molecule has 0 saturated carbocycles. The lowest BCUT2D eigenvalue weighted by atomic mass is 10.0. The van der Waals surface area contributed by atoms with E-state index in [0.29, 0.717) is 27.5 Å². The van der Waals surface area contributed by atoms with E-state index >= 15 is 0 Å². The van der Waals surface area contributed by atoms with Crippen LogP contribution in [0.4, 0.5) is 4.39 Å². The predicted molar refractivity (Wildman–Crippen MR) is 125 cm³/mol. The van der Waals surface area contributed by atoms with E-state index in [1.807, 2.05) is 38.1 Å². The topological polar surface area (TPSA) is 67.2 Å². The predicted octanol–water partition coefficient (Wildman–Crippen LogP) is 5.23. The smallest absolute Gasteiger partial charge is 0.251 e. The van der Waals surface area contributed by atoms with Gasteiger partial charge in [0.1, 0.15) is 11.5 Å². The molecule has 0 spiro atoms. The van der Waals surface area contributed by atoms with Crippen molar-refractivity contribution in [3.63, 3.8) is 0 Å². The summed E-state index contributed by atoms with van der Waals surface area (Å²) in [4.78, 5) is 12.9. The van der Waals surface area contributed by atoms with Crippen LogP contribution in [0.25, 0.3) is 27.8 Å². The molecule has 2 N–H and O–H groups in total. The third-order valence-corrected chi connectivity index (χ3v) is 5.79. The van der Waals surface area contributed by atoms with Crippen molar-refractivity contribution < 1.29 is 14.3 Å². The summed E-state index contributed by atoms with van der Waals surface area (Å²) in [5, 5.41) is 18.6. The molecule has 164 valence electrons. The largest absolute Gasteiger partial charge is 0.394 e. The molecule has 4 aromatic rings. The van der Waals surface area contributed by atoms with Gasteiger partial charge in [-0.2, -0.15) is 5.10 Å². The summed E-state index contributed by atoms with van der Waals surface area (Å²) >= 11 is 6.43. The first-order chi connectivity index (χ1) is 15.4. The number of carbonyl (C=O) groups is 1. The zero-order valence-electron chi connectivity index (χ0n) is 17.7. The van der Waals surface area contributed by atoms with Crippen LogP contribution in [0.15, 0.2) is 66.7 Å². The number of aliphatic hydroxyl groups excluding tert-OH is 1. The summed E-state index contributed by atoms with van der Waals surface area (Å²) in [6.45, 7) is 3.73. The first-order valence-electron chi connectivity index (χ1n) is 10.3. The molecule has 1 aromatic heterocycles. The van der Waals surface area contributed by atoms with E-state index in [9.17, 15) is 14.3 Å². The molecule has 1 heterocycles. The van der Waals surface area contributed by atoms with Gasteiger partial charge >= 0.3 is 0 Å². The van der Waals surface area contributed by atoms with Gasteiger partial charge in [0, 0.05) is 16.5 Å². The maximum atomic E-state index is 13.5. The normalized spacial score (nSPS) is 12.3. The van der Waals surface area contributed by atoms with E-state index in [0.717, 1.165) is 10.9 Å². The number of halogens is 2. The maximum Gasteiger partial charge on any atom is 0.251 e. The van der Waals surface area contributed by atoms with E-state index in [1.54, 1.807) is 35.0 Å². The molecule has 4 rings (SSSR count). The zero-order chi connectivity index (χ0) is 22.8. The van der Waals surface area contributed by atoms with Gasteiger partial charge in [0.2, 0.25) is 0 Å². The Bertz CT molecular complexity index is 1270. The highest BCUT2D eigenvalue weighted by atomic mass is 35.5. The van der Waals surface area contributed by atoms with Crippen molar-refractivity contribution in [1.29, 1.82) is 0 Å². The van der Waals surface area contributed by atoms with Gasteiger partial charge in [-0.05, 0) is 54.4 Å². The Kier molecular flexibility index (Phi) is 6.26. The lowest BCUT2D eigenvalue weighted by Gasteiger charge is -2.19. The van der Waals surface area contributed by atoms with Crippen molar-refractivity contribution in [3.05, 3.63) is 83.1 Å². The minimum Gasteiger partial charge on any atom is -0.394 e. The minimum absolute atomic E-state index is 0.0873. The molecular weight excluding hydrogens is 429 g/mol. The van der Waals surface area contributed by atoms with Gasteiger partial charge in [-0.1, -0.05) is 43.6 Å². The number of nitrogens with zero attached hydrogens (tertiary/aromatic N) is 2. The fourth-order valence-corrected chi connectivity index (χ4v) is 3.79. The van der Waals surface area contributed by atoms with Crippen LogP contribution < -0.4 is 5.32 Å². The molecule has 1 atom stereocenters. The number of aromatic nitrogens is 2. The second-order valence-corrected chi connectivity index (χ2v) is 8.36. The summed E-state index contributed by atoms with van der Waals surface area (Å²) in [5.74, 6) is -0.546.